The maximum absolute atomic E-state index is 13.2. The van der Waals surface area contributed by atoms with E-state index in [0.717, 1.165) is 5.56 Å². The van der Waals surface area contributed by atoms with Gasteiger partial charge in [-0.3, -0.25) is 4.79 Å². The Morgan fingerprint density at radius 1 is 1.36 bits per heavy atom. The fraction of sp³-hybridized carbons (Fsp3) is 0.474. The maximum atomic E-state index is 13.2. The van der Waals surface area contributed by atoms with Gasteiger partial charge in [0.2, 0.25) is 15.9 Å². The Morgan fingerprint density at radius 2 is 2.07 bits per heavy atom. The lowest BCUT2D eigenvalue weighted by molar-refractivity contribution is -0.133. The second-order valence-electron chi connectivity index (χ2n) is 6.93. The van der Waals surface area contributed by atoms with Gasteiger partial charge in [-0.05, 0) is 32.8 Å². The van der Waals surface area contributed by atoms with Gasteiger partial charge in [0, 0.05) is 25.7 Å². The lowest BCUT2D eigenvalue weighted by Gasteiger charge is -2.27. The lowest BCUT2D eigenvalue weighted by Crippen LogP contribution is -2.46. The fourth-order valence-corrected chi connectivity index (χ4v) is 5.60. The number of carbonyl (C=O) groups excluding carboxylic acids is 1. The number of aromatic nitrogens is 1. The van der Waals surface area contributed by atoms with Crippen LogP contribution >= 0.6 is 0 Å². The summed E-state index contributed by atoms with van der Waals surface area (Å²) >= 11 is 0. The molecule has 1 atom stereocenters. The highest BCUT2D eigenvalue weighted by molar-refractivity contribution is 7.89. The molecule has 8 nitrogen and oxygen atoms in total. The van der Waals surface area contributed by atoms with E-state index in [1.54, 1.807) is 32.9 Å². The summed E-state index contributed by atoms with van der Waals surface area (Å²) in [5, 5.41) is 3.74. The van der Waals surface area contributed by atoms with Crippen molar-refractivity contribution in [2.24, 2.45) is 0 Å². The predicted octanol–water partition coefficient (Wildman–Crippen LogP) is 2.11. The van der Waals surface area contributed by atoms with Gasteiger partial charge in [0.15, 0.2) is 5.76 Å². The number of ether oxygens (including phenoxy) is 1. The monoisotopic (exact) mass is 407 g/mol. The van der Waals surface area contributed by atoms with Crippen LogP contribution in [0.2, 0.25) is 0 Å². The number of hydrogen-bond donors (Lipinski definition) is 0. The highest BCUT2D eigenvalue weighted by atomic mass is 32.2. The molecule has 9 heteroatoms. The van der Waals surface area contributed by atoms with Gasteiger partial charge in [0.1, 0.15) is 22.4 Å². The van der Waals surface area contributed by atoms with Gasteiger partial charge >= 0.3 is 0 Å². The smallest absolute Gasteiger partial charge is 0.249 e. The van der Waals surface area contributed by atoms with Crippen molar-refractivity contribution in [1.29, 1.82) is 0 Å². The van der Waals surface area contributed by atoms with Crippen LogP contribution in [0.3, 0.4) is 0 Å². The van der Waals surface area contributed by atoms with Crippen molar-refractivity contribution < 1.29 is 22.5 Å². The fourth-order valence-electron chi connectivity index (χ4n) is 3.66. The lowest BCUT2D eigenvalue weighted by atomic mass is 10.1. The van der Waals surface area contributed by atoms with Crippen LogP contribution in [0.1, 0.15) is 29.9 Å². The summed E-state index contributed by atoms with van der Waals surface area (Å²) in [7, 11) is -0.612. The summed E-state index contributed by atoms with van der Waals surface area (Å²) in [6, 6.07) is 6.71. The average molecular weight is 407 g/mol. The maximum Gasteiger partial charge on any atom is 0.249 e. The largest absolute Gasteiger partial charge is 0.496 e. The number of aryl methyl sites for hydroxylation is 2. The molecule has 1 fully saturated rings. The second-order valence-corrected chi connectivity index (χ2v) is 8.76. The van der Waals surface area contributed by atoms with Crippen LogP contribution in [0.25, 0.3) is 0 Å². The highest BCUT2D eigenvalue weighted by Gasteiger charge is 2.42. The third-order valence-electron chi connectivity index (χ3n) is 5.00. The molecule has 0 saturated carbocycles. The molecule has 3 rings (SSSR count). The summed E-state index contributed by atoms with van der Waals surface area (Å²) in [5.41, 5.74) is 1.16. The number of nitrogens with zero attached hydrogens (tertiary/aromatic N) is 3. The third-order valence-corrected chi connectivity index (χ3v) is 7.15. The molecule has 0 spiro atoms. The van der Waals surface area contributed by atoms with Crippen molar-refractivity contribution in [1.82, 2.24) is 14.4 Å². The molecule has 28 heavy (non-hydrogen) atoms. The van der Waals surface area contributed by atoms with Crippen molar-refractivity contribution in [3.63, 3.8) is 0 Å². The van der Waals surface area contributed by atoms with Gasteiger partial charge in [0.05, 0.1) is 7.11 Å². The van der Waals surface area contributed by atoms with Crippen LogP contribution in [-0.2, 0) is 21.4 Å². The van der Waals surface area contributed by atoms with E-state index >= 15 is 0 Å². The van der Waals surface area contributed by atoms with Crippen LogP contribution in [0.4, 0.5) is 0 Å². The number of methoxy groups -OCH3 is 1. The zero-order chi connectivity index (χ0) is 20.5. The molecule has 0 aliphatic carbocycles. The average Bonchev–Trinajstić information content (AvgIpc) is 3.29. The van der Waals surface area contributed by atoms with Gasteiger partial charge in [-0.1, -0.05) is 23.4 Å². The van der Waals surface area contributed by atoms with Crippen LogP contribution in [0.15, 0.2) is 33.7 Å². The summed E-state index contributed by atoms with van der Waals surface area (Å²) in [5.74, 6) is 0.686. The zero-order valence-corrected chi connectivity index (χ0v) is 17.3. The molecule has 1 aliphatic rings. The number of benzene rings is 1. The minimum absolute atomic E-state index is 0.0552. The van der Waals surface area contributed by atoms with Crippen molar-refractivity contribution in [3.05, 3.63) is 41.3 Å². The number of para-hydroxylation sites is 1. The molecule has 0 bridgehead atoms. The molecule has 0 radical (unpaired) electrons. The van der Waals surface area contributed by atoms with Gasteiger partial charge in [-0.15, -0.1) is 0 Å². The van der Waals surface area contributed by atoms with E-state index in [4.69, 9.17) is 9.26 Å². The SMILES string of the molecule is COc1ccccc1CN(C)C(=O)[C@H]1CCCN1S(=O)(=O)c1c(C)noc1C. The van der Waals surface area contributed by atoms with Gasteiger partial charge in [-0.25, -0.2) is 8.42 Å². The molecule has 2 aromatic rings. The van der Waals surface area contributed by atoms with E-state index in [2.05, 4.69) is 5.16 Å². The molecule has 152 valence electrons. The Balaban J connectivity index is 1.83. The van der Waals surface area contributed by atoms with Crippen LogP contribution < -0.4 is 4.74 Å². The molecule has 2 heterocycles. The Kier molecular flexibility index (Phi) is 5.76. The van der Waals surface area contributed by atoms with Crippen molar-refractivity contribution >= 4 is 15.9 Å². The Morgan fingerprint density at radius 3 is 2.71 bits per heavy atom. The first kappa shape index (κ1) is 20.3. The quantitative estimate of drug-likeness (QED) is 0.728. The molecule has 1 aromatic carbocycles. The molecular weight excluding hydrogens is 382 g/mol. The van der Waals surface area contributed by atoms with E-state index in [1.807, 2.05) is 24.3 Å². The normalized spacial score (nSPS) is 17.6. The minimum atomic E-state index is -3.87. The third kappa shape index (κ3) is 3.64. The Labute approximate surface area is 165 Å². The topological polar surface area (TPSA) is 93.0 Å². The molecule has 0 N–H and O–H groups in total. The van der Waals surface area contributed by atoms with Gasteiger partial charge in [-0.2, -0.15) is 4.31 Å². The summed E-state index contributed by atoms with van der Waals surface area (Å²) < 4.78 is 38.0. The number of amides is 1. The van der Waals surface area contributed by atoms with Crippen LogP contribution in [-0.4, -0.2) is 55.4 Å². The summed E-state index contributed by atoms with van der Waals surface area (Å²) in [6.07, 6.45) is 1.11. The van der Waals surface area contributed by atoms with Gasteiger partial charge in [0.25, 0.3) is 0 Å². The van der Waals surface area contributed by atoms with Crippen molar-refractivity contribution in [2.75, 3.05) is 20.7 Å². The molecule has 0 unspecified atom stereocenters. The molecule has 1 amide bonds. The van der Waals surface area contributed by atoms with E-state index in [0.29, 0.717) is 37.4 Å². The number of hydrogen-bond acceptors (Lipinski definition) is 6. The Hall–Kier alpha value is -2.39. The van der Waals surface area contributed by atoms with E-state index in [9.17, 15) is 13.2 Å². The number of rotatable bonds is 6. The van der Waals surface area contributed by atoms with E-state index < -0.39 is 16.1 Å². The van der Waals surface area contributed by atoms with E-state index in [-0.39, 0.29) is 16.6 Å². The second kappa shape index (κ2) is 7.92. The van der Waals surface area contributed by atoms with Gasteiger partial charge < -0.3 is 14.2 Å². The molecule has 1 aromatic heterocycles. The standard InChI is InChI=1S/C19H25N3O5S/c1-13-18(14(2)27-20-13)28(24,25)22-11-7-9-16(22)19(23)21(3)12-15-8-5-6-10-17(15)26-4/h5-6,8,10,16H,7,9,11-12H2,1-4H3/t16-/m1/s1. The number of sulfonamides is 1. The Bertz CT molecular complexity index is 950. The molecule has 1 saturated heterocycles. The minimum Gasteiger partial charge on any atom is -0.496 e. The molecular formula is C19H25N3O5S. The van der Waals surface area contributed by atoms with Crippen LogP contribution in [0.5, 0.6) is 5.75 Å². The summed E-state index contributed by atoms with van der Waals surface area (Å²) in [4.78, 5) is 14.7. The van der Waals surface area contributed by atoms with E-state index in [1.165, 1.54) is 4.31 Å². The van der Waals surface area contributed by atoms with Crippen molar-refractivity contribution in [2.45, 2.75) is 44.2 Å². The van der Waals surface area contributed by atoms with Crippen LogP contribution in [0, 0.1) is 13.8 Å². The number of carbonyl (C=O) groups is 1. The first-order chi connectivity index (χ1) is 13.3. The first-order valence-electron chi connectivity index (χ1n) is 9.09. The highest BCUT2D eigenvalue weighted by Crippen LogP contribution is 2.31. The number of likely N-dealkylation sites (N-methyl/N-ethyl adjacent to an activating group) is 1. The zero-order valence-electron chi connectivity index (χ0n) is 16.5. The first-order valence-corrected chi connectivity index (χ1v) is 10.5. The molecule has 1 aliphatic heterocycles. The summed E-state index contributed by atoms with van der Waals surface area (Å²) in [6.45, 7) is 3.78. The van der Waals surface area contributed by atoms with Crippen molar-refractivity contribution in [3.8, 4) is 5.75 Å². The predicted molar refractivity (Wildman–Crippen MR) is 102 cm³/mol.